The number of hydrogen-bond acceptors (Lipinski definition) is 3. The summed E-state index contributed by atoms with van der Waals surface area (Å²) in [5.41, 5.74) is 0.995. The average Bonchev–Trinajstić information content (AvgIpc) is 2.59. The lowest BCUT2D eigenvalue weighted by atomic mass is 9.74. The van der Waals surface area contributed by atoms with E-state index in [0.29, 0.717) is 32.6 Å². The molecule has 2 aliphatic rings. The first-order valence-corrected chi connectivity index (χ1v) is 10.5. The van der Waals surface area contributed by atoms with Crippen LogP contribution in [0.1, 0.15) is 31.2 Å². The molecule has 1 amide bonds. The Labute approximate surface area is 150 Å². The second kappa shape index (κ2) is 7.30. The van der Waals surface area contributed by atoms with E-state index >= 15 is 0 Å². The number of nitrogens with zero attached hydrogens (tertiary/aromatic N) is 2. The molecule has 136 valence electrons. The van der Waals surface area contributed by atoms with Crippen LogP contribution in [-0.2, 0) is 21.4 Å². The van der Waals surface area contributed by atoms with Crippen LogP contribution in [0.3, 0.4) is 0 Å². The summed E-state index contributed by atoms with van der Waals surface area (Å²) in [7, 11) is -3.29. The largest absolute Gasteiger partial charge is 0.338 e. The molecule has 1 spiro atoms. The Kier molecular flexibility index (Phi) is 5.29. The Morgan fingerprint density at radius 1 is 1.16 bits per heavy atom. The summed E-state index contributed by atoms with van der Waals surface area (Å²) in [6.07, 6.45) is 4.55. The van der Waals surface area contributed by atoms with E-state index in [1.165, 1.54) is 6.08 Å². The van der Waals surface area contributed by atoms with Gasteiger partial charge in [-0.3, -0.25) is 4.79 Å². The maximum absolute atomic E-state index is 12.4. The zero-order valence-corrected chi connectivity index (χ0v) is 15.4. The van der Waals surface area contributed by atoms with E-state index in [2.05, 4.69) is 6.58 Å². The standard InChI is InChI=1S/C19H26N2O3S/c1-2-13-25(23,24)21-12-6-10-19(16-21)11-9-18(22)20(15-19)14-17-7-4-3-5-8-17/h2-5,7-8H,1,6,9-16H2. The molecule has 5 nitrogen and oxygen atoms in total. The minimum atomic E-state index is -3.29. The van der Waals surface area contributed by atoms with Gasteiger partial charge in [-0.1, -0.05) is 36.4 Å². The summed E-state index contributed by atoms with van der Waals surface area (Å²) in [6.45, 7) is 5.88. The van der Waals surface area contributed by atoms with Crippen LogP contribution in [0, 0.1) is 5.41 Å². The second-order valence-corrected chi connectivity index (χ2v) is 9.25. The number of hydrogen-bond donors (Lipinski definition) is 0. The fourth-order valence-corrected chi connectivity index (χ4v) is 5.42. The summed E-state index contributed by atoms with van der Waals surface area (Å²) in [4.78, 5) is 14.3. The van der Waals surface area contributed by atoms with Gasteiger partial charge in [0, 0.05) is 38.0 Å². The minimum absolute atomic E-state index is 0.0181. The van der Waals surface area contributed by atoms with Crippen LogP contribution in [0.2, 0.25) is 0 Å². The molecule has 0 aliphatic carbocycles. The van der Waals surface area contributed by atoms with E-state index in [-0.39, 0.29) is 17.1 Å². The first kappa shape index (κ1) is 18.1. The molecule has 0 bridgehead atoms. The third-order valence-corrected chi connectivity index (χ3v) is 7.07. The van der Waals surface area contributed by atoms with Gasteiger partial charge in [0.2, 0.25) is 15.9 Å². The number of benzene rings is 1. The van der Waals surface area contributed by atoms with Crippen molar-refractivity contribution in [1.29, 1.82) is 0 Å². The highest BCUT2D eigenvalue weighted by molar-refractivity contribution is 7.89. The minimum Gasteiger partial charge on any atom is -0.338 e. The molecule has 0 aromatic heterocycles. The Bertz CT molecular complexity index is 732. The fraction of sp³-hybridized carbons (Fsp3) is 0.526. The molecule has 2 aliphatic heterocycles. The van der Waals surface area contributed by atoms with Crippen molar-refractivity contribution in [3.63, 3.8) is 0 Å². The number of likely N-dealkylation sites (tertiary alicyclic amines) is 1. The van der Waals surface area contributed by atoms with E-state index in [1.807, 2.05) is 35.2 Å². The SMILES string of the molecule is C=CCS(=O)(=O)N1CCCC2(CCC(=O)N(Cc3ccccc3)C2)C1. The molecule has 1 unspecified atom stereocenters. The van der Waals surface area contributed by atoms with Crippen molar-refractivity contribution in [3.8, 4) is 0 Å². The number of sulfonamides is 1. The van der Waals surface area contributed by atoms with Gasteiger partial charge >= 0.3 is 0 Å². The van der Waals surface area contributed by atoms with Crippen molar-refractivity contribution in [2.45, 2.75) is 32.2 Å². The van der Waals surface area contributed by atoms with Crippen molar-refractivity contribution >= 4 is 15.9 Å². The van der Waals surface area contributed by atoms with Crippen molar-refractivity contribution in [1.82, 2.24) is 9.21 Å². The Hall–Kier alpha value is -1.66. The Morgan fingerprint density at radius 3 is 2.64 bits per heavy atom. The molecule has 2 fully saturated rings. The van der Waals surface area contributed by atoms with Gasteiger partial charge in [0.1, 0.15) is 0 Å². The monoisotopic (exact) mass is 362 g/mol. The molecule has 1 aromatic carbocycles. The number of piperidine rings is 2. The molecular formula is C19H26N2O3S. The second-order valence-electron chi connectivity index (χ2n) is 7.24. The van der Waals surface area contributed by atoms with Crippen LogP contribution in [0.15, 0.2) is 43.0 Å². The summed E-state index contributed by atoms with van der Waals surface area (Å²) < 4.78 is 26.5. The van der Waals surface area contributed by atoms with Crippen LogP contribution in [0.5, 0.6) is 0 Å². The number of rotatable bonds is 5. The zero-order valence-electron chi connectivity index (χ0n) is 14.6. The molecule has 0 N–H and O–H groups in total. The van der Waals surface area contributed by atoms with Crippen LogP contribution < -0.4 is 0 Å². The third kappa shape index (κ3) is 4.12. The van der Waals surface area contributed by atoms with Gasteiger partial charge in [-0.05, 0) is 24.8 Å². The molecule has 2 saturated heterocycles. The summed E-state index contributed by atoms with van der Waals surface area (Å²) >= 11 is 0. The normalized spacial score (nSPS) is 25.3. The lowest BCUT2D eigenvalue weighted by Gasteiger charge is -2.47. The van der Waals surface area contributed by atoms with Crippen molar-refractivity contribution < 1.29 is 13.2 Å². The maximum Gasteiger partial charge on any atom is 0.222 e. The zero-order chi connectivity index (χ0) is 17.9. The average molecular weight is 362 g/mol. The fourth-order valence-electron chi connectivity index (χ4n) is 4.04. The summed E-state index contributed by atoms with van der Waals surface area (Å²) in [5.74, 6) is 0.149. The van der Waals surface area contributed by atoms with Crippen molar-refractivity contribution in [2.24, 2.45) is 5.41 Å². The van der Waals surface area contributed by atoms with Crippen molar-refractivity contribution in [3.05, 3.63) is 48.6 Å². The smallest absolute Gasteiger partial charge is 0.222 e. The van der Waals surface area contributed by atoms with E-state index < -0.39 is 10.0 Å². The van der Waals surface area contributed by atoms with E-state index in [0.717, 1.165) is 24.8 Å². The van der Waals surface area contributed by atoms with Gasteiger partial charge in [0.05, 0.1) is 5.75 Å². The number of carbonyl (C=O) groups is 1. The molecule has 0 saturated carbocycles. The van der Waals surface area contributed by atoms with Gasteiger partial charge in [0.25, 0.3) is 0 Å². The van der Waals surface area contributed by atoms with Crippen LogP contribution in [0.25, 0.3) is 0 Å². The molecular weight excluding hydrogens is 336 g/mol. The van der Waals surface area contributed by atoms with Gasteiger partial charge in [-0.25, -0.2) is 12.7 Å². The van der Waals surface area contributed by atoms with Crippen molar-refractivity contribution in [2.75, 3.05) is 25.4 Å². The maximum atomic E-state index is 12.4. The molecule has 2 heterocycles. The van der Waals surface area contributed by atoms with E-state index in [9.17, 15) is 13.2 Å². The third-order valence-electron chi connectivity index (χ3n) is 5.31. The molecule has 3 rings (SSSR count). The van der Waals surface area contributed by atoms with Gasteiger partial charge in [-0.15, -0.1) is 6.58 Å². The molecule has 1 atom stereocenters. The van der Waals surface area contributed by atoms with Gasteiger partial charge in [0.15, 0.2) is 0 Å². The Balaban J connectivity index is 1.74. The van der Waals surface area contributed by atoms with Crippen LogP contribution in [-0.4, -0.2) is 48.9 Å². The molecule has 1 aromatic rings. The number of amides is 1. The number of carbonyl (C=O) groups excluding carboxylic acids is 1. The predicted molar refractivity (Wildman–Crippen MR) is 98.3 cm³/mol. The lowest BCUT2D eigenvalue weighted by molar-refractivity contribution is -0.139. The van der Waals surface area contributed by atoms with E-state index in [1.54, 1.807) is 4.31 Å². The highest BCUT2D eigenvalue weighted by Crippen LogP contribution is 2.40. The highest BCUT2D eigenvalue weighted by atomic mass is 32.2. The summed E-state index contributed by atoms with van der Waals surface area (Å²) in [6, 6.07) is 9.96. The first-order valence-electron chi connectivity index (χ1n) is 8.85. The molecule has 6 heteroatoms. The lowest BCUT2D eigenvalue weighted by Crippen LogP contribution is -2.55. The molecule has 25 heavy (non-hydrogen) atoms. The Morgan fingerprint density at radius 2 is 1.92 bits per heavy atom. The van der Waals surface area contributed by atoms with Crippen LogP contribution in [0.4, 0.5) is 0 Å². The topological polar surface area (TPSA) is 57.7 Å². The van der Waals surface area contributed by atoms with E-state index in [4.69, 9.17) is 0 Å². The first-order chi connectivity index (χ1) is 11.9. The summed E-state index contributed by atoms with van der Waals surface area (Å²) in [5, 5.41) is 0. The predicted octanol–water partition coefficient (Wildman–Crippen LogP) is 2.41. The van der Waals surface area contributed by atoms with Gasteiger partial charge < -0.3 is 4.90 Å². The highest BCUT2D eigenvalue weighted by Gasteiger charge is 2.43. The quantitative estimate of drug-likeness (QED) is 0.756. The van der Waals surface area contributed by atoms with Gasteiger partial charge in [-0.2, -0.15) is 0 Å². The molecule has 0 radical (unpaired) electrons. The van der Waals surface area contributed by atoms with Crippen LogP contribution >= 0.6 is 0 Å².